The Morgan fingerprint density at radius 2 is 2.06 bits per heavy atom. The number of hydrogen-bond donors (Lipinski definition) is 1. The standard InChI is InChI=1S/C15H24N2/c1-11(2)8-9-17(14-5-6-14)15-7-4-13(16)10-12(15)3/h4,7,10-11,14H,5-6,8-9,16H2,1-3H3. The molecule has 1 aliphatic rings. The number of nitrogens with zero attached hydrogens (tertiary/aromatic N) is 1. The van der Waals surface area contributed by atoms with Gasteiger partial charge < -0.3 is 10.6 Å². The molecule has 1 fully saturated rings. The highest BCUT2D eigenvalue weighted by atomic mass is 15.2. The van der Waals surface area contributed by atoms with Gasteiger partial charge in [-0.15, -0.1) is 0 Å². The molecular formula is C15H24N2. The first-order chi connectivity index (χ1) is 8.08. The van der Waals surface area contributed by atoms with Crippen molar-refractivity contribution in [2.75, 3.05) is 17.2 Å². The molecule has 2 nitrogen and oxygen atoms in total. The fraction of sp³-hybridized carbons (Fsp3) is 0.600. The van der Waals surface area contributed by atoms with E-state index < -0.39 is 0 Å². The number of anilines is 2. The van der Waals surface area contributed by atoms with E-state index in [0.717, 1.165) is 17.6 Å². The van der Waals surface area contributed by atoms with Crippen LogP contribution in [-0.4, -0.2) is 12.6 Å². The van der Waals surface area contributed by atoms with Crippen molar-refractivity contribution in [1.82, 2.24) is 0 Å². The van der Waals surface area contributed by atoms with Gasteiger partial charge in [-0.1, -0.05) is 13.8 Å². The number of hydrogen-bond acceptors (Lipinski definition) is 2. The van der Waals surface area contributed by atoms with E-state index in [2.05, 4.69) is 37.8 Å². The maximum Gasteiger partial charge on any atom is 0.0399 e. The van der Waals surface area contributed by atoms with Gasteiger partial charge in [-0.3, -0.25) is 0 Å². The Kier molecular flexibility index (Phi) is 3.60. The molecule has 0 heterocycles. The van der Waals surface area contributed by atoms with Crippen LogP contribution in [0, 0.1) is 12.8 Å². The molecule has 1 aromatic carbocycles. The predicted molar refractivity (Wildman–Crippen MR) is 75.4 cm³/mol. The molecule has 2 heteroatoms. The van der Waals surface area contributed by atoms with Crippen molar-refractivity contribution < 1.29 is 0 Å². The summed E-state index contributed by atoms with van der Waals surface area (Å²) in [6.45, 7) is 7.92. The Morgan fingerprint density at radius 1 is 1.35 bits per heavy atom. The fourth-order valence-electron chi connectivity index (χ4n) is 2.28. The number of aryl methyl sites for hydroxylation is 1. The summed E-state index contributed by atoms with van der Waals surface area (Å²) in [4.78, 5) is 2.58. The monoisotopic (exact) mass is 232 g/mol. The minimum absolute atomic E-state index is 0.769. The Bertz CT molecular complexity index is 381. The molecule has 17 heavy (non-hydrogen) atoms. The topological polar surface area (TPSA) is 29.3 Å². The van der Waals surface area contributed by atoms with Crippen molar-refractivity contribution in [2.45, 2.75) is 46.1 Å². The van der Waals surface area contributed by atoms with Crippen molar-refractivity contribution in [2.24, 2.45) is 5.92 Å². The van der Waals surface area contributed by atoms with Gasteiger partial charge in [-0.05, 0) is 55.9 Å². The third-order valence-electron chi connectivity index (χ3n) is 3.47. The summed E-state index contributed by atoms with van der Waals surface area (Å²) in [5.74, 6) is 0.769. The van der Waals surface area contributed by atoms with Crippen LogP contribution in [0.1, 0.15) is 38.7 Å². The molecule has 2 rings (SSSR count). The molecule has 1 saturated carbocycles. The van der Waals surface area contributed by atoms with E-state index in [1.54, 1.807) is 0 Å². The van der Waals surface area contributed by atoms with Crippen LogP contribution in [-0.2, 0) is 0 Å². The molecule has 0 unspecified atom stereocenters. The molecule has 0 saturated heterocycles. The highest BCUT2D eigenvalue weighted by Gasteiger charge is 2.29. The normalized spacial score (nSPS) is 15.3. The lowest BCUT2D eigenvalue weighted by Gasteiger charge is -2.27. The second-order valence-electron chi connectivity index (χ2n) is 5.65. The van der Waals surface area contributed by atoms with Crippen LogP contribution >= 0.6 is 0 Å². The zero-order valence-corrected chi connectivity index (χ0v) is 11.2. The summed E-state index contributed by atoms with van der Waals surface area (Å²) in [6, 6.07) is 7.06. The van der Waals surface area contributed by atoms with E-state index >= 15 is 0 Å². The second kappa shape index (κ2) is 4.99. The van der Waals surface area contributed by atoms with Gasteiger partial charge in [-0.2, -0.15) is 0 Å². The zero-order valence-electron chi connectivity index (χ0n) is 11.2. The molecule has 2 N–H and O–H groups in total. The van der Waals surface area contributed by atoms with Gasteiger partial charge in [0.15, 0.2) is 0 Å². The molecule has 0 aliphatic heterocycles. The Morgan fingerprint density at radius 3 is 2.59 bits per heavy atom. The highest BCUT2D eigenvalue weighted by Crippen LogP contribution is 2.34. The Labute approximate surface area is 105 Å². The van der Waals surface area contributed by atoms with E-state index in [0.29, 0.717) is 0 Å². The third-order valence-corrected chi connectivity index (χ3v) is 3.47. The number of nitrogen functional groups attached to an aromatic ring is 1. The van der Waals surface area contributed by atoms with E-state index in [4.69, 9.17) is 5.73 Å². The Balaban J connectivity index is 2.14. The fourth-order valence-corrected chi connectivity index (χ4v) is 2.28. The maximum absolute atomic E-state index is 5.82. The quantitative estimate of drug-likeness (QED) is 0.786. The molecule has 94 valence electrons. The lowest BCUT2D eigenvalue weighted by atomic mass is 10.1. The molecule has 0 atom stereocenters. The molecule has 0 radical (unpaired) electrons. The molecule has 1 aliphatic carbocycles. The lowest BCUT2D eigenvalue weighted by molar-refractivity contribution is 0.570. The van der Waals surface area contributed by atoms with Crippen molar-refractivity contribution >= 4 is 11.4 Å². The van der Waals surface area contributed by atoms with Crippen LogP contribution in [0.15, 0.2) is 18.2 Å². The molecular weight excluding hydrogens is 208 g/mol. The van der Waals surface area contributed by atoms with Gasteiger partial charge >= 0.3 is 0 Å². The van der Waals surface area contributed by atoms with E-state index in [-0.39, 0.29) is 0 Å². The van der Waals surface area contributed by atoms with Crippen molar-refractivity contribution in [3.8, 4) is 0 Å². The van der Waals surface area contributed by atoms with Crippen LogP contribution in [0.4, 0.5) is 11.4 Å². The average molecular weight is 232 g/mol. The minimum Gasteiger partial charge on any atom is -0.399 e. The lowest BCUT2D eigenvalue weighted by Crippen LogP contribution is -2.28. The van der Waals surface area contributed by atoms with Gasteiger partial charge in [0.05, 0.1) is 0 Å². The van der Waals surface area contributed by atoms with Gasteiger partial charge in [0.1, 0.15) is 0 Å². The summed E-state index contributed by atoms with van der Waals surface area (Å²) in [5.41, 5.74) is 9.37. The van der Waals surface area contributed by atoms with E-state index in [1.165, 1.54) is 37.1 Å². The van der Waals surface area contributed by atoms with Gasteiger partial charge in [0.2, 0.25) is 0 Å². The van der Waals surface area contributed by atoms with Crippen molar-refractivity contribution in [3.05, 3.63) is 23.8 Å². The molecule has 0 amide bonds. The predicted octanol–water partition coefficient (Wildman–Crippen LogP) is 3.59. The summed E-state index contributed by atoms with van der Waals surface area (Å²) in [5, 5.41) is 0. The number of nitrogens with two attached hydrogens (primary N) is 1. The van der Waals surface area contributed by atoms with Crippen LogP contribution in [0.25, 0.3) is 0 Å². The van der Waals surface area contributed by atoms with E-state index in [9.17, 15) is 0 Å². The summed E-state index contributed by atoms with van der Waals surface area (Å²) < 4.78 is 0. The first kappa shape index (κ1) is 12.3. The SMILES string of the molecule is Cc1cc(N)ccc1N(CCC(C)C)C1CC1. The summed E-state index contributed by atoms with van der Waals surface area (Å²) in [7, 11) is 0. The number of rotatable bonds is 5. The maximum atomic E-state index is 5.82. The first-order valence-corrected chi connectivity index (χ1v) is 6.70. The molecule has 1 aromatic rings. The summed E-state index contributed by atoms with van der Waals surface area (Å²) in [6.07, 6.45) is 3.96. The van der Waals surface area contributed by atoms with Crippen LogP contribution in [0.2, 0.25) is 0 Å². The van der Waals surface area contributed by atoms with Crippen molar-refractivity contribution in [3.63, 3.8) is 0 Å². The van der Waals surface area contributed by atoms with Crippen LogP contribution in [0.3, 0.4) is 0 Å². The van der Waals surface area contributed by atoms with Crippen molar-refractivity contribution in [1.29, 1.82) is 0 Å². The smallest absolute Gasteiger partial charge is 0.0399 e. The Hall–Kier alpha value is -1.18. The number of benzene rings is 1. The van der Waals surface area contributed by atoms with Crippen LogP contribution in [0.5, 0.6) is 0 Å². The van der Waals surface area contributed by atoms with Crippen LogP contribution < -0.4 is 10.6 Å². The minimum atomic E-state index is 0.769. The zero-order chi connectivity index (χ0) is 12.4. The van der Waals surface area contributed by atoms with Gasteiger partial charge in [0.25, 0.3) is 0 Å². The summed E-state index contributed by atoms with van der Waals surface area (Å²) >= 11 is 0. The highest BCUT2D eigenvalue weighted by molar-refractivity contribution is 5.60. The largest absolute Gasteiger partial charge is 0.399 e. The van der Waals surface area contributed by atoms with Gasteiger partial charge in [0, 0.05) is 24.0 Å². The average Bonchev–Trinajstić information content (AvgIpc) is 3.04. The third kappa shape index (κ3) is 3.15. The van der Waals surface area contributed by atoms with E-state index in [1.807, 2.05) is 6.07 Å². The first-order valence-electron chi connectivity index (χ1n) is 6.70. The molecule has 0 spiro atoms. The molecule has 0 bridgehead atoms. The second-order valence-corrected chi connectivity index (χ2v) is 5.65. The van der Waals surface area contributed by atoms with Gasteiger partial charge in [-0.25, -0.2) is 0 Å². The molecule has 0 aromatic heterocycles.